The van der Waals surface area contributed by atoms with Crippen molar-refractivity contribution >= 4 is 11.8 Å². The van der Waals surface area contributed by atoms with E-state index in [2.05, 4.69) is 5.32 Å². The molecule has 0 saturated carbocycles. The van der Waals surface area contributed by atoms with Gasteiger partial charge in [-0.25, -0.2) is 8.78 Å². The highest BCUT2D eigenvalue weighted by Gasteiger charge is 2.20. The molecule has 0 aromatic heterocycles. The first-order chi connectivity index (χ1) is 14.4. The fraction of sp³-hybridized carbons (Fsp3) is 0.130. The van der Waals surface area contributed by atoms with Gasteiger partial charge in [0.2, 0.25) is 5.91 Å². The van der Waals surface area contributed by atoms with Gasteiger partial charge in [0.25, 0.3) is 5.91 Å². The second-order valence-corrected chi connectivity index (χ2v) is 6.68. The van der Waals surface area contributed by atoms with Crippen LogP contribution in [0.2, 0.25) is 0 Å². The molecule has 1 atom stereocenters. The second kappa shape index (κ2) is 9.65. The fourth-order valence-electron chi connectivity index (χ4n) is 2.80. The highest BCUT2D eigenvalue weighted by atomic mass is 19.2. The van der Waals surface area contributed by atoms with Gasteiger partial charge in [0.1, 0.15) is 18.4 Å². The SMILES string of the molecule is NC(=O)[C@H](Cc1ccc(OCc2ccccc2)cc1)NC(=O)c1ccc(F)c(F)c1. The topological polar surface area (TPSA) is 81.4 Å². The van der Waals surface area contributed by atoms with Crippen molar-refractivity contribution in [3.63, 3.8) is 0 Å². The third kappa shape index (κ3) is 5.64. The van der Waals surface area contributed by atoms with E-state index in [-0.39, 0.29) is 12.0 Å². The summed E-state index contributed by atoms with van der Waals surface area (Å²) in [6.45, 7) is 0.425. The number of nitrogens with one attached hydrogen (secondary N) is 1. The minimum Gasteiger partial charge on any atom is -0.489 e. The highest BCUT2D eigenvalue weighted by Crippen LogP contribution is 2.16. The number of nitrogens with two attached hydrogens (primary N) is 1. The molecule has 3 N–H and O–H groups in total. The van der Waals surface area contributed by atoms with Gasteiger partial charge in [0.15, 0.2) is 11.6 Å². The number of ether oxygens (including phenoxy) is 1. The summed E-state index contributed by atoms with van der Waals surface area (Å²) in [6.07, 6.45) is 0.143. The Morgan fingerprint density at radius 1 is 0.900 bits per heavy atom. The maximum absolute atomic E-state index is 13.3. The van der Waals surface area contributed by atoms with Crippen molar-refractivity contribution in [1.29, 1.82) is 0 Å². The number of primary amides is 1. The molecular weight excluding hydrogens is 390 g/mol. The zero-order valence-electron chi connectivity index (χ0n) is 16.0. The van der Waals surface area contributed by atoms with Crippen LogP contribution in [-0.2, 0) is 17.8 Å². The molecule has 0 saturated heterocycles. The smallest absolute Gasteiger partial charge is 0.252 e. The van der Waals surface area contributed by atoms with E-state index in [1.807, 2.05) is 30.3 Å². The molecule has 3 rings (SSSR count). The van der Waals surface area contributed by atoms with E-state index in [4.69, 9.17) is 10.5 Å². The van der Waals surface area contributed by atoms with Gasteiger partial charge in [-0.2, -0.15) is 0 Å². The first kappa shape index (κ1) is 21.0. The van der Waals surface area contributed by atoms with Crippen molar-refractivity contribution in [2.75, 3.05) is 0 Å². The molecule has 0 heterocycles. The van der Waals surface area contributed by atoms with Crippen LogP contribution in [0.4, 0.5) is 8.78 Å². The molecule has 5 nitrogen and oxygen atoms in total. The van der Waals surface area contributed by atoms with E-state index in [1.165, 1.54) is 0 Å². The predicted molar refractivity (Wildman–Crippen MR) is 108 cm³/mol. The third-order valence-electron chi connectivity index (χ3n) is 4.44. The van der Waals surface area contributed by atoms with E-state index >= 15 is 0 Å². The molecule has 30 heavy (non-hydrogen) atoms. The zero-order valence-corrected chi connectivity index (χ0v) is 16.0. The molecule has 0 fully saturated rings. The summed E-state index contributed by atoms with van der Waals surface area (Å²) >= 11 is 0. The van der Waals surface area contributed by atoms with E-state index < -0.39 is 29.5 Å². The lowest BCUT2D eigenvalue weighted by molar-refractivity contribution is -0.119. The van der Waals surface area contributed by atoms with E-state index in [1.54, 1.807) is 24.3 Å². The average molecular weight is 410 g/mol. The number of rotatable bonds is 8. The number of carbonyl (C=O) groups excluding carboxylic acids is 2. The van der Waals surface area contributed by atoms with Gasteiger partial charge >= 0.3 is 0 Å². The van der Waals surface area contributed by atoms with Crippen molar-refractivity contribution in [3.8, 4) is 5.75 Å². The Kier molecular flexibility index (Phi) is 6.75. The van der Waals surface area contributed by atoms with Crippen LogP contribution < -0.4 is 15.8 Å². The van der Waals surface area contributed by atoms with Crippen LogP contribution >= 0.6 is 0 Å². The quantitative estimate of drug-likeness (QED) is 0.597. The van der Waals surface area contributed by atoms with Gasteiger partial charge in [-0.05, 0) is 41.5 Å². The number of hydrogen-bond acceptors (Lipinski definition) is 3. The van der Waals surface area contributed by atoms with Crippen LogP contribution in [0.15, 0.2) is 72.8 Å². The molecule has 3 aromatic carbocycles. The summed E-state index contributed by atoms with van der Waals surface area (Å²) in [4.78, 5) is 24.0. The molecule has 0 aliphatic rings. The number of halogens is 2. The Balaban J connectivity index is 1.61. The molecule has 0 spiro atoms. The zero-order chi connectivity index (χ0) is 21.5. The predicted octanol–water partition coefficient (Wildman–Crippen LogP) is 3.37. The third-order valence-corrected chi connectivity index (χ3v) is 4.44. The molecule has 0 aliphatic carbocycles. The normalized spacial score (nSPS) is 11.5. The van der Waals surface area contributed by atoms with Gasteiger partial charge in [0, 0.05) is 12.0 Å². The summed E-state index contributed by atoms with van der Waals surface area (Å²) in [6, 6.07) is 18.5. The summed E-state index contributed by atoms with van der Waals surface area (Å²) < 4.78 is 32.1. The number of hydrogen-bond donors (Lipinski definition) is 2. The Hall–Kier alpha value is -3.74. The molecule has 0 unspecified atom stereocenters. The van der Waals surface area contributed by atoms with Gasteiger partial charge in [-0.3, -0.25) is 9.59 Å². The van der Waals surface area contributed by atoms with Gasteiger partial charge < -0.3 is 15.8 Å². The van der Waals surface area contributed by atoms with Crippen LogP contribution in [0.3, 0.4) is 0 Å². The molecule has 154 valence electrons. The fourth-order valence-corrected chi connectivity index (χ4v) is 2.80. The van der Waals surface area contributed by atoms with Gasteiger partial charge in [0.05, 0.1) is 0 Å². The largest absolute Gasteiger partial charge is 0.489 e. The highest BCUT2D eigenvalue weighted by molar-refractivity contribution is 5.97. The van der Waals surface area contributed by atoms with Crippen LogP contribution in [-0.4, -0.2) is 17.9 Å². The molecule has 0 bridgehead atoms. The second-order valence-electron chi connectivity index (χ2n) is 6.68. The van der Waals surface area contributed by atoms with Crippen LogP contribution in [0.1, 0.15) is 21.5 Å². The summed E-state index contributed by atoms with van der Waals surface area (Å²) in [5.41, 5.74) is 7.07. The molecule has 3 aromatic rings. The lowest BCUT2D eigenvalue weighted by Gasteiger charge is -2.16. The van der Waals surface area contributed by atoms with Crippen LogP contribution in [0.25, 0.3) is 0 Å². The maximum Gasteiger partial charge on any atom is 0.252 e. The van der Waals surface area contributed by atoms with E-state index in [0.29, 0.717) is 12.4 Å². The Bertz CT molecular complexity index is 1020. The number of carbonyl (C=O) groups is 2. The molecule has 7 heteroatoms. The monoisotopic (exact) mass is 410 g/mol. The van der Waals surface area contributed by atoms with Gasteiger partial charge in [-0.1, -0.05) is 42.5 Å². The van der Waals surface area contributed by atoms with Crippen molar-refractivity contribution in [2.45, 2.75) is 19.1 Å². The summed E-state index contributed by atoms with van der Waals surface area (Å²) in [7, 11) is 0. The van der Waals surface area contributed by atoms with E-state index in [9.17, 15) is 18.4 Å². The Morgan fingerprint density at radius 3 is 2.23 bits per heavy atom. The number of amides is 2. The summed E-state index contributed by atoms with van der Waals surface area (Å²) in [5, 5.41) is 2.46. The lowest BCUT2D eigenvalue weighted by Crippen LogP contribution is -2.45. The number of benzene rings is 3. The minimum absolute atomic E-state index is 0.107. The van der Waals surface area contributed by atoms with Crippen molar-refractivity contribution < 1.29 is 23.1 Å². The van der Waals surface area contributed by atoms with Crippen LogP contribution in [0, 0.1) is 11.6 Å². The molecule has 2 amide bonds. The lowest BCUT2D eigenvalue weighted by atomic mass is 10.0. The molecular formula is C23H20F2N2O3. The van der Waals surface area contributed by atoms with Gasteiger partial charge in [-0.15, -0.1) is 0 Å². The maximum atomic E-state index is 13.3. The minimum atomic E-state index is -1.15. The van der Waals surface area contributed by atoms with Crippen molar-refractivity contribution in [2.24, 2.45) is 5.73 Å². The molecule has 0 radical (unpaired) electrons. The standard InChI is InChI=1S/C23H20F2N2O3/c24-19-11-8-17(13-20(19)25)23(29)27-21(22(26)28)12-15-6-9-18(10-7-15)30-14-16-4-2-1-3-5-16/h1-11,13,21H,12,14H2,(H2,26,28)(H,27,29)/t21-/m0/s1. The summed E-state index contributed by atoms with van der Waals surface area (Å²) in [5.74, 6) is -3.02. The van der Waals surface area contributed by atoms with Crippen molar-refractivity contribution in [1.82, 2.24) is 5.32 Å². The van der Waals surface area contributed by atoms with Crippen LogP contribution in [0.5, 0.6) is 5.75 Å². The van der Waals surface area contributed by atoms with Crippen molar-refractivity contribution in [3.05, 3.63) is 101 Å². The molecule has 0 aliphatic heterocycles. The average Bonchev–Trinajstić information content (AvgIpc) is 2.75. The Morgan fingerprint density at radius 2 is 1.60 bits per heavy atom. The van der Waals surface area contributed by atoms with E-state index in [0.717, 1.165) is 29.3 Å². The Labute approximate surface area is 172 Å². The first-order valence-corrected chi connectivity index (χ1v) is 9.23. The first-order valence-electron chi connectivity index (χ1n) is 9.23.